The van der Waals surface area contributed by atoms with Crippen molar-refractivity contribution in [2.24, 2.45) is 0 Å². The van der Waals surface area contributed by atoms with Crippen LogP contribution in [0.2, 0.25) is 0 Å². The number of hydrogen-bond donors (Lipinski definition) is 2. The van der Waals surface area contributed by atoms with Gasteiger partial charge in [-0.25, -0.2) is 26.7 Å². The molecule has 170 valence electrons. The van der Waals surface area contributed by atoms with E-state index in [1.807, 2.05) is 10.8 Å². The first kappa shape index (κ1) is 22.3. The second-order valence-electron chi connectivity index (χ2n) is 7.08. The number of hydrogen-bond acceptors (Lipinski definition) is 6. The summed E-state index contributed by atoms with van der Waals surface area (Å²) in [5.74, 6) is -3.82. The molecule has 1 amide bonds. The van der Waals surface area contributed by atoms with E-state index < -0.39 is 38.8 Å². The topological polar surface area (TPSA) is 118 Å². The van der Waals surface area contributed by atoms with Crippen LogP contribution in [0.4, 0.5) is 20.2 Å². The Balaban J connectivity index is 1.61. The minimum Gasteiger partial charge on any atom is -0.319 e. The van der Waals surface area contributed by atoms with Gasteiger partial charge in [0.05, 0.1) is 35.2 Å². The van der Waals surface area contributed by atoms with Crippen molar-refractivity contribution >= 4 is 33.0 Å². The van der Waals surface area contributed by atoms with Gasteiger partial charge in [0.1, 0.15) is 11.4 Å². The van der Waals surface area contributed by atoms with Gasteiger partial charge in [-0.2, -0.15) is 5.10 Å². The Morgan fingerprint density at radius 1 is 1.18 bits per heavy atom. The van der Waals surface area contributed by atoms with E-state index in [-0.39, 0.29) is 11.4 Å². The lowest BCUT2D eigenvalue weighted by atomic mass is 10.1. The van der Waals surface area contributed by atoms with E-state index in [0.717, 1.165) is 17.7 Å². The van der Waals surface area contributed by atoms with Crippen molar-refractivity contribution in [3.05, 3.63) is 72.3 Å². The Kier molecular flexibility index (Phi) is 6.01. The monoisotopic (exact) mass is 472 g/mol. The molecule has 3 aromatic heterocycles. The van der Waals surface area contributed by atoms with Crippen molar-refractivity contribution in [1.82, 2.24) is 19.6 Å². The number of nitrogens with zero attached hydrogens (tertiary/aromatic N) is 4. The molecule has 0 bridgehead atoms. The summed E-state index contributed by atoms with van der Waals surface area (Å²) in [6, 6.07) is 7.04. The van der Waals surface area contributed by atoms with E-state index in [1.165, 1.54) is 16.9 Å². The van der Waals surface area contributed by atoms with Crippen LogP contribution < -0.4 is 10.0 Å². The van der Waals surface area contributed by atoms with Gasteiger partial charge in [-0.15, -0.1) is 0 Å². The highest BCUT2D eigenvalue weighted by Gasteiger charge is 2.23. The van der Waals surface area contributed by atoms with E-state index >= 15 is 0 Å². The predicted octanol–water partition coefficient (Wildman–Crippen LogP) is 3.47. The fourth-order valence-corrected chi connectivity index (χ4v) is 4.25. The van der Waals surface area contributed by atoms with Crippen LogP contribution in [0.25, 0.3) is 16.9 Å². The highest BCUT2D eigenvalue weighted by atomic mass is 32.2. The van der Waals surface area contributed by atoms with Crippen molar-refractivity contribution in [2.45, 2.75) is 13.3 Å². The molecule has 0 saturated carbocycles. The lowest BCUT2D eigenvalue weighted by molar-refractivity contribution is 0.101. The zero-order valence-electron chi connectivity index (χ0n) is 17.3. The van der Waals surface area contributed by atoms with Gasteiger partial charge in [0.15, 0.2) is 11.5 Å². The van der Waals surface area contributed by atoms with Crippen molar-refractivity contribution in [3.63, 3.8) is 0 Å². The molecule has 0 spiro atoms. The largest absolute Gasteiger partial charge is 0.319 e. The number of carbonyl (C=O) groups excluding carboxylic acids is 1. The summed E-state index contributed by atoms with van der Waals surface area (Å²) in [7, 11) is -3.84. The first-order valence-corrected chi connectivity index (χ1v) is 11.5. The summed E-state index contributed by atoms with van der Waals surface area (Å²) in [6.45, 7) is 1.64. The van der Waals surface area contributed by atoms with Crippen LogP contribution in [-0.4, -0.2) is 39.7 Å². The SMILES string of the molecule is CCCS(=O)(=O)Nc1ccc(F)c(C(=O)Nc2cnc3cc(-c4cccnc4)nn3c2)c1F. The number of halogens is 2. The maximum Gasteiger partial charge on any atom is 0.261 e. The zero-order chi connectivity index (χ0) is 23.6. The van der Waals surface area contributed by atoms with Crippen LogP contribution in [0.1, 0.15) is 23.7 Å². The molecule has 0 radical (unpaired) electrons. The third-order valence-electron chi connectivity index (χ3n) is 4.58. The molecule has 2 N–H and O–H groups in total. The minimum absolute atomic E-state index is 0.129. The van der Waals surface area contributed by atoms with Crippen LogP contribution >= 0.6 is 0 Å². The van der Waals surface area contributed by atoms with Crippen LogP contribution in [0.5, 0.6) is 0 Å². The molecule has 9 nitrogen and oxygen atoms in total. The zero-order valence-corrected chi connectivity index (χ0v) is 18.1. The van der Waals surface area contributed by atoms with Crippen molar-refractivity contribution in [2.75, 3.05) is 15.8 Å². The molecule has 3 heterocycles. The molecule has 0 unspecified atom stereocenters. The lowest BCUT2D eigenvalue weighted by Gasteiger charge is -2.12. The van der Waals surface area contributed by atoms with E-state index in [9.17, 15) is 22.0 Å². The van der Waals surface area contributed by atoms with Gasteiger partial charge in [-0.05, 0) is 30.7 Å². The molecule has 4 rings (SSSR count). The smallest absolute Gasteiger partial charge is 0.261 e. The number of nitrogens with one attached hydrogen (secondary N) is 2. The van der Waals surface area contributed by atoms with Crippen LogP contribution in [-0.2, 0) is 10.0 Å². The van der Waals surface area contributed by atoms with Gasteiger partial charge in [0.2, 0.25) is 10.0 Å². The maximum absolute atomic E-state index is 14.8. The van der Waals surface area contributed by atoms with Crippen LogP contribution in [0, 0.1) is 11.6 Å². The molecule has 12 heteroatoms. The number of pyridine rings is 1. The second kappa shape index (κ2) is 8.90. The molecule has 4 aromatic rings. The van der Waals surface area contributed by atoms with E-state index in [1.54, 1.807) is 31.5 Å². The lowest BCUT2D eigenvalue weighted by Crippen LogP contribution is -2.20. The number of fused-ring (bicyclic) bond motifs is 1. The minimum atomic E-state index is -3.84. The fourth-order valence-electron chi connectivity index (χ4n) is 3.12. The third-order valence-corrected chi connectivity index (χ3v) is 6.06. The van der Waals surface area contributed by atoms with E-state index in [0.29, 0.717) is 17.8 Å². The van der Waals surface area contributed by atoms with Gasteiger partial charge in [0.25, 0.3) is 5.91 Å². The molecule has 0 saturated heterocycles. The number of rotatable bonds is 7. The van der Waals surface area contributed by atoms with Gasteiger partial charge < -0.3 is 5.32 Å². The number of aromatic nitrogens is 4. The molecule has 1 aromatic carbocycles. The Labute approximate surface area is 187 Å². The van der Waals surface area contributed by atoms with E-state index in [2.05, 4.69) is 20.4 Å². The molecule has 33 heavy (non-hydrogen) atoms. The summed E-state index contributed by atoms with van der Waals surface area (Å²) in [5.41, 5.74) is 0.531. The Hall–Kier alpha value is -3.93. The van der Waals surface area contributed by atoms with Crippen molar-refractivity contribution in [1.29, 1.82) is 0 Å². The molecule has 0 aliphatic rings. The van der Waals surface area contributed by atoms with Gasteiger partial charge >= 0.3 is 0 Å². The summed E-state index contributed by atoms with van der Waals surface area (Å²) in [5, 5.41) is 6.73. The molecular formula is C21H18F2N6O3S. The number of amides is 1. The normalized spacial score (nSPS) is 11.5. The standard InChI is InChI=1S/C21H18F2N6O3S/c1-2-8-33(31,32)28-16-6-5-15(22)19(20(16)23)21(30)26-14-11-25-18-9-17(27-29(18)12-14)13-4-3-7-24-10-13/h3-7,9-12,28H,2,8H2,1H3,(H,26,30). The van der Waals surface area contributed by atoms with Gasteiger partial charge in [-0.1, -0.05) is 6.92 Å². The van der Waals surface area contributed by atoms with Gasteiger partial charge in [-0.3, -0.25) is 14.5 Å². The first-order chi connectivity index (χ1) is 15.8. The highest BCUT2D eigenvalue weighted by Crippen LogP contribution is 2.24. The summed E-state index contributed by atoms with van der Waals surface area (Å²) in [6.07, 6.45) is 6.32. The molecule has 0 fully saturated rings. The number of carbonyl (C=O) groups is 1. The van der Waals surface area contributed by atoms with Crippen LogP contribution in [0.15, 0.2) is 55.1 Å². The number of anilines is 2. The Morgan fingerprint density at radius 2 is 2.00 bits per heavy atom. The average molecular weight is 472 g/mol. The molecule has 0 aliphatic carbocycles. The molecular weight excluding hydrogens is 454 g/mol. The van der Waals surface area contributed by atoms with Crippen LogP contribution in [0.3, 0.4) is 0 Å². The fraction of sp³-hybridized carbons (Fsp3) is 0.143. The van der Waals surface area contributed by atoms with Gasteiger partial charge in [0, 0.05) is 24.0 Å². The third kappa shape index (κ3) is 4.80. The summed E-state index contributed by atoms with van der Waals surface area (Å²) >= 11 is 0. The molecule has 0 aliphatic heterocycles. The quantitative estimate of drug-likeness (QED) is 0.425. The second-order valence-corrected chi connectivity index (χ2v) is 8.92. The number of benzene rings is 1. The Bertz CT molecular complexity index is 1440. The maximum atomic E-state index is 14.8. The summed E-state index contributed by atoms with van der Waals surface area (Å²) < 4.78 is 56.5. The predicted molar refractivity (Wildman–Crippen MR) is 118 cm³/mol. The average Bonchev–Trinajstić information content (AvgIpc) is 3.20. The Morgan fingerprint density at radius 3 is 2.73 bits per heavy atom. The highest BCUT2D eigenvalue weighted by molar-refractivity contribution is 7.92. The summed E-state index contributed by atoms with van der Waals surface area (Å²) in [4.78, 5) is 20.9. The van der Waals surface area contributed by atoms with Crippen molar-refractivity contribution in [3.8, 4) is 11.3 Å². The van der Waals surface area contributed by atoms with Crippen molar-refractivity contribution < 1.29 is 22.0 Å². The molecule has 0 atom stereocenters. The number of sulfonamides is 1. The van der Waals surface area contributed by atoms with E-state index in [4.69, 9.17) is 0 Å². The first-order valence-electron chi connectivity index (χ1n) is 9.83.